The Morgan fingerprint density at radius 1 is 1.55 bits per heavy atom. The van der Waals surface area contributed by atoms with E-state index in [9.17, 15) is 14.7 Å². The van der Waals surface area contributed by atoms with E-state index in [4.69, 9.17) is 4.74 Å². The second kappa shape index (κ2) is 5.54. The Morgan fingerprint density at radius 3 is 2.91 bits per heavy atom. The van der Waals surface area contributed by atoms with Crippen LogP contribution in [0.25, 0.3) is 0 Å². The number of esters is 1. The van der Waals surface area contributed by atoms with Gasteiger partial charge in [-0.25, -0.2) is 4.79 Å². The molecule has 2 heterocycles. The molecule has 5 heteroatoms. The molecule has 5 unspecified atom stereocenters. The maximum Gasteiger partial charge on any atom is 0.355 e. The standard InChI is InChI=1S/C17H23NO4/c1-4-8-22-17(21)15-12-9(2)6-5-7-11(12)14-13(10(3)19)16(20)18(14)15/h4,9-11,13-14,19H,1,5-8H2,2-3H3. The molecule has 0 radical (unpaired) electrons. The van der Waals surface area contributed by atoms with E-state index in [2.05, 4.69) is 13.5 Å². The fourth-order valence-corrected chi connectivity index (χ4v) is 4.36. The Kier molecular flexibility index (Phi) is 3.85. The molecule has 0 spiro atoms. The van der Waals surface area contributed by atoms with E-state index in [0.29, 0.717) is 5.70 Å². The van der Waals surface area contributed by atoms with E-state index >= 15 is 0 Å². The Labute approximate surface area is 130 Å². The van der Waals surface area contributed by atoms with Gasteiger partial charge in [-0.2, -0.15) is 0 Å². The minimum Gasteiger partial charge on any atom is -0.457 e. The van der Waals surface area contributed by atoms with Crippen LogP contribution in [-0.2, 0) is 14.3 Å². The van der Waals surface area contributed by atoms with Crippen molar-refractivity contribution in [2.45, 2.75) is 45.3 Å². The van der Waals surface area contributed by atoms with Crippen LogP contribution in [0.3, 0.4) is 0 Å². The van der Waals surface area contributed by atoms with Crippen LogP contribution in [0.5, 0.6) is 0 Å². The van der Waals surface area contributed by atoms with Crippen molar-refractivity contribution in [3.8, 4) is 0 Å². The normalized spacial score (nSPS) is 34.7. The SMILES string of the molecule is C=CCOC(=O)C1=C2C(C)CCCC2C2C(C(C)O)C(=O)N12. The summed E-state index contributed by atoms with van der Waals surface area (Å²) in [6, 6.07) is -0.0727. The monoisotopic (exact) mass is 305 g/mol. The Bertz CT molecular complexity index is 551. The van der Waals surface area contributed by atoms with Crippen molar-refractivity contribution in [3.63, 3.8) is 0 Å². The molecule has 0 aromatic carbocycles. The molecule has 5 atom stereocenters. The maximum atomic E-state index is 12.4. The van der Waals surface area contributed by atoms with Gasteiger partial charge in [-0.1, -0.05) is 26.0 Å². The topological polar surface area (TPSA) is 66.8 Å². The molecule has 1 aliphatic carbocycles. The second-order valence-electron chi connectivity index (χ2n) is 6.59. The lowest BCUT2D eigenvalue weighted by atomic mass is 9.70. The highest BCUT2D eigenvalue weighted by atomic mass is 16.5. The molecule has 3 rings (SSSR count). The van der Waals surface area contributed by atoms with Crippen LogP contribution in [-0.4, -0.2) is 40.6 Å². The van der Waals surface area contributed by atoms with Gasteiger partial charge in [0.05, 0.1) is 18.1 Å². The molecule has 5 nitrogen and oxygen atoms in total. The molecule has 120 valence electrons. The zero-order valence-corrected chi connectivity index (χ0v) is 13.1. The molecule has 0 aromatic rings. The van der Waals surface area contributed by atoms with Crippen molar-refractivity contribution in [1.82, 2.24) is 4.90 Å². The molecule has 22 heavy (non-hydrogen) atoms. The quantitative estimate of drug-likeness (QED) is 0.487. The van der Waals surface area contributed by atoms with Gasteiger partial charge in [-0.15, -0.1) is 0 Å². The first kappa shape index (κ1) is 15.3. The van der Waals surface area contributed by atoms with Gasteiger partial charge in [0.25, 0.3) is 0 Å². The molecule has 3 aliphatic rings. The predicted molar refractivity (Wildman–Crippen MR) is 80.5 cm³/mol. The van der Waals surface area contributed by atoms with E-state index in [1.54, 1.807) is 11.8 Å². The van der Waals surface area contributed by atoms with Gasteiger partial charge in [-0.3, -0.25) is 4.79 Å². The summed E-state index contributed by atoms with van der Waals surface area (Å²) in [5, 5.41) is 9.92. The first-order valence-electron chi connectivity index (χ1n) is 8.02. The molecule has 2 fully saturated rings. The molecule has 0 aromatic heterocycles. The summed E-state index contributed by atoms with van der Waals surface area (Å²) in [5.74, 6) is -0.520. The van der Waals surface area contributed by atoms with Gasteiger partial charge < -0.3 is 14.7 Å². The molecular formula is C17H23NO4. The van der Waals surface area contributed by atoms with E-state index < -0.39 is 18.0 Å². The third-order valence-electron chi connectivity index (χ3n) is 5.24. The molecule has 1 saturated carbocycles. The number of hydrogen-bond acceptors (Lipinski definition) is 4. The van der Waals surface area contributed by atoms with Crippen LogP contribution < -0.4 is 0 Å². The number of fused-ring (bicyclic) bond motifs is 3. The van der Waals surface area contributed by atoms with Crippen LogP contribution >= 0.6 is 0 Å². The van der Waals surface area contributed by atoms with Crippen LogP contribution in [0.4, 0.5) is 0 Å². The lowest BCUT2D eigenvalue weighted by molar-refractivity contribution is -0.164. The number of aliphatic hydroxyl groups is 1. The Hall–Kier alpha value is -1.62. The van der Waals surface area contributed by atoms with Crippen LogP contribution in [0.15, 0.2) is 23.9 Å². The lowest BCUT2D eigenvalue weighted by Gasteiger charge is -2.47. The van der Waals surface area contributed by atoms with Crippen molar-refractivity contribution in [1.29, 1.82) is 0 Å². The van der Waals surface area contributed by atoms with Gasteiger partial charge in [-0.05, 0) is 31.3 Å². The molecule has 1 saturated heterocycles. The lowest BCUT2D eigenvalue weighted by Crippen LogP contribution is -2.64. The van der Waals surface area contributed by atoms with Crippen molar-refractivity contribution in [2.75, 3.05) is 6.61 Å². The average molecular weight is 305 g/mol. The maximum absolute atomic E-state index is 12.4. The molecular weight excluding hydrogens is 282 g/mol. The number of rotatable bonds is 4. The third kappa shape index (κ3) is 2.02. The number of β-lactam (4-membered cyclic amide) rings is 1. The van der Waals surface area contributed by atoms with Crippen LogP contribution in [0, 0.1) is 17.8 Å². The van der Waals surface area contributed by atoms with Crippen LogP contribution in [0.1, 0.15) is 33.1 Å². The summed E-state index contributed by atoms with van der Waals surface area (Å²) in [6.07, 6.45) is 3.92. The summed E-state index contributed by atoms with van der Waals surface area (Å²) < 4.78 is 5.20. The van der Waals surface area contributed by atoms with Gasteiger partial charge in [0.1, 0.15) is 12.3 Å². The Morgan fingerprint density at radius 2 is 2.27 bits per heavy atom. The number of carbonyl (C=O) groups is 2. The minimum atomic E-state index is -0.684. The summed E-state index contributed by atoms with van der Waals surface area (Å²) in [4.78, 5) is 26.4. The van der Waals surface area contributed by atoms with Crippen molar-refractivity contribution in [3.05, 3.63) is 23.9 Å². The molecule has 1 amide bonds. The Balaban J connectivity index is 1.97. The number of amides is 1. The highest BCUT2D eigenvalue weighted by Crippen LogP contribution is 2.53. The first-order chi connectivity index (χ1) is 10.5. The fraction of sp³-hybridized carbons (Fsp3) is 0.647. The second-order valence-corrected chi connectivity index (χ2v) is 6.59. The highest BCUT2D eigenvalue weighted by molar-refractivity contribution is 6.01. The van der Waals surface area contributed by atoms with Gasteiger partial charge in [0.15, 0.2) is 0 Å². The summed E-state index contributed by atoms with van der Waals surface area (Å²) in [5.41, 5.74) is 1.49. The molecule has 0 bridgehead atoms. The van der Waals surface area contributed by atoms with Gasteiger partial charge in [0, 0.05) is 5.92 Å². The number of carbonyl (C=O) groups excluding carboxylic acids is 2. The summed E-state index contributed by atoms with van der Waals surface area (Å²) in [6.45, 7) is 7.45. The van der Waals surface area contributed by atoms with Crippen molar-refractivity contribution < 1.29 is 19.4 Å². The largest absolute Gasteiger partial charge is 0.457 e. The number of nitrogens with zero attached hydrogens (tertiary/aromatic N) is 1. The van der Waals surface area contributed by atoms with E-state index in [-0.39, 0.29) is 30.4 Å². The zero-order chi connectivity index (χ0) is 16.0. The van der Waals surface area contributed by atoms with Gasteiger partial charge in [0.2, 0.25) is 5.91 Å². The number of aliphatic hydroxyl groups excluding tert-OH is 1. The minimum absolute atomic E-state index is 0.0727. The smallest absolute Gasteiger partial charge is 0.355 e. The summed E-state index contributed by atoms with van der Waals surface area (Å²) >= 11 is 0. The zero-order valence-electron chi connectivity index (χ0n) is 13.1. The number of ether oxygens (including phenoxy) is 1. The predicted octanol–water partition coefficient (Wildman–Crippen LogP) is 1.63. The first-order valence-corrected chi connectivity index (χ1v) is 8.02. The van der Waals surface area contributed by atoms with Crippen molar-refractivity contribution in [2.24, 2.45) is 17.8 Å². The summed E-state index contributed by atoms with van der Waals surface area (Å²) in [7, 11) is 0. The van der Waals surface area contributed by atoms with E-state index in [1.807, 2.05) is 0 Å². The average Bonchev–Trinajstić information content (AvgIpc) is 2.76. The highest BCUT2D eigenvalue weighted by Gasteiger charge is 2.61. The third-order valence-corrected chi connectivity index (χ3v) is 5.24. The molecule has 2 aliphatic heterocycles. The van der Waals surface area contributed by atoms with Crippen molar-refractivity contribution >= 4 is 11.9 Å². The van der Waals surface area contributed by atoms with Crippen LogP contribution in [0.2, 0.25) is 0 Å². The fourth-order valence-electron chi connectivity index (χ4n) is 4.36. The van der Waals surface area contributed by atoms with E-state index in [0.717, 1.165) is 24.8 Å². The molecule has 1 N–H and O–H groups in total. The van der Waals surface area contributed by atoms with E-state index in [1.165, 1.54) is 6.08 Å². The number of hydrogen-bond donors (Lipinski definition) is 1. The van der Waals surface area contributed by atoms with Gasteiger partial charge >= 0.3 is 5.97 Å².